The molecular formula is C21H19BrClN3O2S. The second-order valence-corrected chi connectivity index (χ2v) is 9.48. The molecule has 0 spiro atoms. The minimum atomic E-state index is -0.268. The lowest BCUT2D eigenvalue weighted by molar-refractivity contribution is 0.0994. The molecule has 29 heavy (non-hydrogen) atoms. The minimum Gasteiger partial charge on any atom is -0.484 e. The Morgan fingerprint density at radius 1 is 1.24 bits per heavy atom. The van der Waals surface area contributed by atoms with Gasteiger partial charge in [-0.2, -0.15) is 0 Å². The summed E-state index contributed by atoms with van der Waals surface area (Å²) in [5.74, 6) is 1.44. The molecule has 1 aliphatic carbocycles. The maximum atomic E-state index is 12.8. The summed E-state index contributed by atoms with van der Waals surface area (Å²) in [4.78, 5) is 12.8. The van der Waals surface area contributed by atoms with Crippen LogP contribution in [0.25, 0.3) is 0 Å². The molecule has 5 nitrogen and oxygen atoms in total. The first-order chi connectivity index (χ1) is 14.0. The van der Waals surface area contributed by atoms with E-state index in [1.807, 2.05) is 49.4 Å². The maximum Gasteiger partial charge on any atom is 0.192 e. The van der Waals surface area contributed by atoms with Gasteiger partial charge in [0.1, 0.15) is 12.4 Å². The molecule has 1 heterocycles. The fraction of sp³-hybridized carbons (Fsp3) is 0.286. The van der Waals surface area contributed by atoms with Crippen molar-refractivity contribution in [1.82, 2.24) is 14.8 Å². The molecule has 0 bridgehead atoms. The van der Waals surface area contributed by atoms with Crippen molar-refractivity contribution in [3.8, 4) is 5.75 Å². The molecule has 1 fully saturated rings. The van der Waals surface area contributed by atoms with Gasteiger partial charge >= 0.3 is 0 Å². The Morgan fingerprint density at radius 3 is 2.66 bits per heavy atom. The summed E-state index contributed by atoms with van der Waals surface area (Å²) in [5.41, 5.74) is 0.688. The third kappa shape index (κ3) is 4.85. The quantitative estimate of drug-likeness (QED) is 0.286. The minimum absolute atomic E-state index is 0.0710. The second-order valence-electron chi connectivity index (χ2n) is 6.85. The Bertz CT molecular complexity index is 1020. The van der Waals surface area contributed by atoms with Crippen molar-refractivity contribution < 1.29 is 9.53 Å². The van der Waals surface area contributed by atoms with Crippen molar-refractivity contribution >= 4 is 45.1 Å². The van der Waals surface area contributed by atoms with Crippen LogP contribution in [0.3, 0.4) is 0 Å². The van der Waals surface area contributed by atoms with Crippen molar-refractivity contribution in [2.75, 3.05) is 0 Å². The Hall–Kier alpha value is -1.83. The second kappa shape index (κ2) is 8.90. The Labute approximate surface area is 186 Å². The van der Waals surface area contributed by atoms with Gasteiger partial charge in [0.05, 0.1) is 10.3 Å². The van der Waals surface area contributed by atoms with Crippen LogP contribution in [0.1, 0.15) is 42.0 Å². The smallest absolute Gasteiger partial charge is 0.192 e. The molecule has 0 saturated heterocycles. The Morgan fingerprint density at radius 2 is 1.97 bits per heavy atom. The number of Topliss-reactive ketones (excluding diaryl/α,β-unsaturated/α-hetero) is 1. The lowest BCUT2D eigenvalue weighted by atomic mass is 10.1. The van der Waals surface area contributed by atoms with Crippen LogP contribution in [0.2, 0.25) is 5.02 Å². The predicted octanol–water partition coefficient (Wildman–Crippen LogP) is 5.97. The lowest BCUT2D eigenvalue weighted by Gasteiger charge is -2.13. The molecule has 1 atom stereocenters. The molecule has 8 heteroatoms. The highest BCUT2D eigenvalue weighted by Crippen LogP contribution is 2.40. The number of nitrogens with zero attached hydrogens (tertiary/aromatic N) is 3. The summed E-state index contributed by atoms with van der Waals surface area (Å²) in [6.45, 7) is 2.18. The number of thioether (sulfide) groups is 1. The molecule has 0 radical (unpaired) electrons. The lowest BCUT2D eigenvalue weighted by Crippen LogP contribution is -2.15. The van der Waals surface area contributed by atoms with Crippen LogP contribution in [0, 0.1) is 0 Å². The summed E-state index contributed by atoms with van der Waals surface area (Å²) in [5, 5.41) is 9.72. The van der Waals surface area contributed by atoms with E-state index in [0.717, 1.165) is 28.3 Å². The maximum absolute atomic E-state index is 12.8. The van der Waals surface area contributed by atoms with Gasteiger partial charge < -0.3 is 4.74 Å². The van der Waals surface area contributed by atoms with Crippen molar-refractivity contribution in [3.63, 3.8) is 0 Å². The van der Waals surface area contributed by atoms with E-state index in [4.69, 9.17) is 16.3 Å². The van der Waals surface area contributed by atoms with Crippen LogP contribution in [0.5, 0.6) is 5.75 Å². The molecular weight excluding hydrogens is 474 g/mol. The van der Waals surface area contributed by atoms with Crippen LogP contribution in [-0.2, 0) is 6.61 Å². The first kappa shape index (κ1) is 20.4. The number of benzene rings is 2. The number of aromatic nitrogens is 3. The van der Waals surface area contributed by atoms with Crippen LogP contribution in [0.4, 0.5) is 0 Å². The van der Waals surface area contributed by atoms with E-state index >= 15 is 0 Å². The van der Waals surface area contributed by atoms with Crippen molar-refractivity contribution in [1.29, 1.82) is 0 Å². The molecule has 0 N–H and O–H groups in total. The molecule has 1 aliphatic rings. The number of hydrogen-bond acceptors (Lipinski definition) is 5. The summed E-state index contributed by atoms with van der Waals surface area (Å²) in [7, 11) is 0. The van der Waals surface area contributed by atoms with Gasteiger partial charge in [-0.1, -0.05) is 63.6 Å². The standard InChI is InChI=1S/C21H19BrClN3O2S/c1-13(20(27)14-6-8-15(22)9-7-14)29-21-25-24-19(26(21)16-10-11-16)12-28-18-5-3-2-4-17(18)23/h2-9,13,16H,10-12H2,1H3. The third-order valence-electron chi connectivity index (χ3n) is 4.62. The fourth-order valence-electron chi connectivity index (χ4n) is 2.95. The largest absolute Gasteiger partial charge is 0.484 e. The number of halogens is 2. The third-order valence-corrected chi connectivity index (χ3v) is 6.52. The highest BCUT2D eigenvalue weighted by molar-refractivity contribution is 9.10. The zero-order valence-corrected chi connectivity index (χ0v) is 18.9. The first-order valence-corrected chi connectivity index (χ1v) is 11.4. The Balaban J connectivity index is 1.48. The fourth-order valence-corrected chi connectivity index (χ4v) is 4.42. The number of carbonyl (C=O) groups excluding carboxylic acids is 1. The number of hydrogen-bond donors (Lipinski definition) is 0. The Kier molecular flexibility index (Phi) is 6.27. The zero-order chi connectivity index (χ0) is 20.4. The summed E-state index contributed by atoms with van der Waals surface area (Å²) in [6.07, 6.45) is 2.17. The normalized spacial score (nSPS) is 14.6. The average Bonchev–Trinajstić information content (AvgIpc) is 3.48. The molecule has 2 aromatic carbocycles. The number of para-hydroxylation sites is 1. The van der Waals surface area contributed by atoms with Crippen molar-refractivity contribution in [3.05, 3.63) is 69.4 Å². The summed E-state index contributed by atoms with van der Waals surface area (Å²) < 4.78 is 8.91. The molecule has 150 valence electrons. The SMILES string of the molecule is CC(Sc1nnc(COc2ccccc2Cl)n1C1CC1)C(=O)c1ccc(Br)cc1. The van der Waals surface area contributed by atoms with Gasteiger partial charge in [-0.25, -0.2) is 0 Å². The van der Waals surface area contributed by atoms with Gasteiger partial charge in [-0.05, 0) is 44.0 Å². The van der Waals surface area contributed by atoms with E-state index in [2.05, 4.69) is 30.7 Å². The van der Waals surface area contributed by atoms with E-state index in [1.54, 1.807) is 6.07 Å². The molecule has 3 aromatic rings. The highest BCUT2D eigenvalue weighted by Gasteiger charge is 2.31. The molecule has 0 amide bonds. The van der Waals surface area contributed by atoms with Gasteiger partial charge in [0.2, 0.25) is 0 Å². The van der Waals surface area contributed by atoms with Gasteiger partial charge in [0.25, 0.3) is 0 Å². The summed E-state index contributed by atoms with van der Waals surface area (Å²) in [6, 6.07) is 15.1. The first-order valence-electron chi connectivity index (χ1n) is 9.30. The number of ketones is 1. The molecule has 1 unspecified atom stereocenters. The van der Waals surface area contributed by atoms with Crippen molar-refractivity contribution in [2.45, 2.75) is 42.8 Å². The van der Waals surface area contributed by atoms with Crippen LogP contribution < -0.4 is 4.74 Å². The number of rotatable bonds is 8. The van der Waals surface area contributed by atoms with E-state index in [-0.39, 0.29) is 17.6 Å². The molecule has 0 aliphatic heterocycles. The highest BCUT2D eigenvalue weighted by atomic mass is 79.9. The van der Waals surface area contributed by atoms with Crippen molar-refractivity contribution in [2.24, 2.45) is 0 Å². The topological polar surface area (TPSA) is 57.0 Å². The number of carbonyl (C=O) groups is 1. The summed E-state index contributed by atoms with van der Waals surface area (Å²) >= 11 is 11.0. The molecule has 1 aromatic heterocycles. The van der Waals surface area contributed by atoms with E-state index < -0.39 is 0 Å². The van der Waals surface area contributed by atoms with Gasteiger partial charge in [0, 0.05) is 16.1 Å². The van der Waals surface area contributed by atoms with Crippen LogP contribution in [0.15, 0.2) is 58.2 Å². The van der Waals surface area contributed by atoms with Crippen LogP contribution >= 0.6 is 39.3 Å². The van der Waals surface area contributed by atoms with E-state index in [9.17, 15) is 4.79 Å². The monoisotopic (exact) mass is 491 g/mol. The van der Waals surface area contributed by atoms with E-state index in [0.29, 0.717) is 22.4 Å². The van der Waals surface area contributed by atoms with Gasteiger partial charge in [-0.15, -0.1) is 10.2 Å². The van der Waals surface area contributed by atoms with Gasteiger partial charge in [-0.3, -0.25) is 9.36 Å². The predicted molar refractivity (Wildman–Crippen MR) is 118 cm³/mol. The molecule has 4 rings (SSSR count). The number of ether oxygens (including phenoxy) is 1. The average molecular weight is 493 g/mol. The van der Waals surface area contributed by atoms with Crippen LogP contribution in [-0.4, -0.2) is 25.8 Å². The van der Waals surface area contributed by atoms with E-state index in [1.165, 1.54) is 11.8 Å². The zero-order valence-electron chi connectivity index (χ0n) is 15.7. The van der Waals surface area contributed by atoms with Gasteiger partial charge in [0.15, 0.2) is 16.8 Å². The molecule has 1 saturated carbocycles.